The summed E-state index contributed by atoms with van der Waals surface area (Å²) in [6.45, 7) is 6.27. The molecule has 8 heteroatoms. The molecule has 1 N–H and O–H groups in total. The lowest BCUT2D eigenvalue weighted by atomic mass is 10.1. The number of amides is 1. The van der Waals surface area contributed by atoms with Gasteiger partial charge in [-0.05, 0) is 56.2 Å². The van der Waals surface area contributed by atoms with Gasteiger partial charge in [0.05, 0.1) is 18.1 Å². The highest BCUT2D eigenvalue weighted by atomic mass is 16.6. The molecule has 0 fully saturated rings. The molecule has 0 aliphatic carbocycles. The molecule has 0 aromatic heterocycles. The number of hydrogen-bond donors (Lipinski definition) is 1. The Kier molecular flexibility index (Phi) is 11.3. The topological polar surface area (TPSA) is 108 Å². The van der Waals surface area contributed by atoms with E-state index in [0.717, 1.165) is 44.9 Å². The van der Waals surface area contributed by atoms with Crippen LogP contribution in [-0.4, -0.2) is 30.0 Å². The molecule has 0 saturated heterocycles. The molecule has 1 amide bonds. The first-order valence-electron chi connectivity index (χ1n) is 11.5. The SMILES string of the molecule is C=C(C)C(=O)OCCCCCCCCCOc1ccc(C(=O)Nc2ccc([N+](=O)[O-])cc2)cc1. The number of hydrogen-bond acceptors (Lipinski definition) is 6. The summed E-state index contributed by atoms with van der Waals surface area (Å²) in [5, 5.41) is 13.4. The third-order valence-electron chi connectivity index (χ3n) is 5.09. The number of benzene rings is 2. The summed E-state index contributed by atoms with van der Waals surface area (Å²) in [4.78, 5) is 33.8. The zero-order valence-electron chi connectivity index (χ0n) is 19.6. The van der Waals surface area contributed by atoms with Crippen molar-refractivity contribution in [1.82, 2.24) is 0 Å². The Bertz CT molecular complexity index is 954. The van der Waals surface area contributed by atoms with Gasteiger partial charge in [-0.3, -0.25) is 14.9 Å². The van der Waals surface area contributed by atoms with Crippen molar-refractivity contribution in [3.8, 4) is 5.75 Å². The van der Waals surface area contributed by atoms with Crippen molar-refractivity contribution in [1.29, 1.82) is 0 Å². The summed E-state index contributed by atoms with van der Waals surface area (Å²) < 4.78 is 10.8. The van der Waals surface area contributed by atoms with E-state index in [2.05, 4.69) is 11.9 Å². The van der Waals surface area contributed by atoms with Crippen LogP contribution in [0.3, 0.4) is 0 Å². The number of unbranched alkanes of at least 4 members (excludes halogenated alkanes) is 6. The van der Waals surface area contributed by atoms with E-state index in [1.165, 1.54) is 24.3 Å². The fourth-order valence-electron chi connectivity index (χ4n) is 3.14. The van der Waals surface area contributed by atoms with Gasteiger partial charge in [-0.2, -0.15) is 0 Å². The molecule has 0 aliphatic rings. The van der Waals surface area contributed by atoms with Gasteiger partial charge in [-0.25, -0.2) is 4.79 Å². The zero-order chi connectivity index (χ0) is 24.8. The van der Waals surface area contributed by atoms with E-state index in [0.29, 0.717) is 35.8 Å². The Balaban J connectivity index is 1.55. The third-order valence-corrected chi connectivity index (χ3v) is 5.09. The van der Waals surface area contributed by atoms with E-state index < -0.39 is 4.92 Å². The number of esters is 1. The molecule has 34 heavy (non-hydrogen) atoms. The zero-order valence-corrected chi connectivity index (χ0v) is 19.6. The molecule has 0 spiro atoms. The Morgan fingerprint density at radius 1 is 0.882 bits per heavy atom. The molecule has 0 unspecified atom stereocenters. The number of nitrogens with one attached hydrogen (secondary N) is 1. The maximum Gasteiger partial charge on any atom is 0.333 e. The lowest BCUT2D eigenvalue weighted by molar-refractivity contribution is -0.384. The second kappa shape index (κ2) is 14.5. The van der Waals surface area contributed by atoms with Crippen molar-refractivity contribution >= 4 is 23.3 Å². The van der Waals surface area contributed by atoms with Gasteiger partial charge in [-0.15, -0.1) is 0 Å². The molecule has 2 rings (SSSR count). The number of non-ortho nitro benzene ring substituents is 1. The van der Waals surface area contributed by atoms with Crippen LogP contribution in [0, 0.1) is 10.1 Å². The summed E-state index contributed by atoms with van der Waals surface area (Å²) in [6.07, 6.45) is 7.37. The first-order valence-corrected chi connectivity index (χ1v) is 11.5. The Labute approximate surface area is 200 Å². The smallest absolute Gasteiger partial charge is 0.333 e. The molecule has 0 radical (unpaired) electrons. The van der Waals surface area contributed by atoms with Crippen LogP contribution in [0.5, 0.6) is 5.75 Å². The Morgan fingerprint density at radius 3 is 2.00 bits per heavy atom. The van der Waals surface area contributed by atoms with Crippen molar-refractivity contribution in [3.63, 3.8) is 0 Å². The van der Waals surface area contributed by atoms with Crippen molar-refractivity contribution in [2.45, 2.75) is 51.9 Å². The summed E-state index contributed by atoms with van der Waals surface area (Å²) in [7, 11) is 0. The summed E-state index contributed by atoms with van der Waals surface area (Å²) in [5.74, 6) is 0.0886. The number of carbonyl (C=O) groups is 2. The highest BCUT2D eigenvalue weighted by Gasteiger charge is 2.09. The van der Waals surface area contributed by atoms with Gasteiger partial charge in [0.25, 0.3) is 11.6 Å². The number of nitrogens with zero attached hydrogens (tertiary/aromatic N) is 1. The normalized spacial score (nSPS) is 10.4. The van der Waals surface area contributed by atoms with E-state index in [1.54, 1.807) is 31.2 Å². The molecule has 2 aromatic carbocycles. The van der Waals surface area contributed by atoms with Crippen LogP contribution >= 0.6 is 0 Å². The van der Waals surface area contributed by atoms with Gasteiger partial charge in [0.2, 0.25) is 0 Å². The summed E-state index contributed by atoms with van der Waals surface area (Å²) in [5.41, 5.74) is 1.36. The second-order valence-electron chi connectivity index (χ2n) is 8.02. The third kappa shape index (κ3) is 9.85. The molecule has 0 bridgehead atoms. The molecule has 2 aromatic rings. The number of rotatable bonds is 15. The highest BCUT2D eigenvalue weighted by Crippen LogP contribution is 2.18. The minimum absolute atomic E-state index is 0.0293. The molecular formula is C26H32N2O6. The average molecular weight is 469 g/mol. The van der Waals surface area contributed by atoms with E-state index in [9.17, 15) is 19.7 Å². The largest absolute Gasteiger partial charge is 0.494 e. The first kappa shape index (κ1) is 26.6. The van der Waals surface area contributed by atoms with Gasteiger partial charge in [0, 0.05) is 29.0 Å². The standard InChI is InChI=1S/C26H32N2O6/c1-20(2)26(30)34-19-9-7-5-3-4-6-8-18-33-24-16-10-21(11-17-24)25(29)27-22-12-14-23(15-13-22)28(31)32/h10-17H,1,3-9,18-19H2,2H3,(H,27,29). The van der Waals surface area contributed by atoms with Crippen molar-refractivity contribution < 1.29 is 24.0 Å². The van der Waals surface area contributed by atoms with Crippen LogP contribution < -0.4 is 10.1 Å². The van der Waals surface area contributed by atoms with Crippen LogP contribution in [0.25, 0.3) is 0 Å². The number of ether oxygens (including phenoxy) is 2. The minimum Gasteiger partial charge on any atom is -0.494 e. The summed E-state index contributed by atoms with van der Waals surface area (Å²) in [6, 6.07) is 12.6. The average Bonchev–Trinajstić information content (AvgIpc) is 2.83. The van der Waals surface area contributed by atoms with Crippen LogP contribution in [0.2, 0.25) is 0 Å². The fourth-order valence-corrected chi connectivity index (χ4v) is 3.14. The molecular weight excluding hydrogens is 436 g/mol. The van der Waals surface area contributed by atoms with Gasteiger partial charge in [-0.1, -0.05) is 38.7 Å². The lowest BCUT2D eigenvalue weighted by Crippen LogP contribution is -2.11. The highest BCUT2D eigenvalue weighted by molar-refractivity contribution is 6.04. The predicted octanol–water partition coefficient (Wildman–Crippen LogP) is 6.08. The van der Waals surface area contributed by atoms with Gasteiger partial charge < -0.3 is 14.8 Å². The quantitative estimate of drug-likeness (QED) is 0.112. The maximum atomic E-state index is 12.3. The number of anilines is 1. The maximum absolute atomic E-state index is 12.3. The van der Waals surface area contributed by atoms with Gasteiger partial charge in [0.15, 0.2) is 0 Å². The molecule has 182 valence electrons. The van der Waals surface area contributed by atoms with E-state index in [4.69, 9.17) is 9.47 Å². The van der Waals surface area contributed by atoms with Crippen molar-refractivity contribution in [2.24, 2.45) is 0 Å². The number of nitro groups is 1. The van der Waals surface area contributed by atoms with Crippen LogP contribution in [0.1, 0.15) is 62.2 Å². The van der Waals surface area contributed by atoms with Crippen LogP contribution in [-0.2, 0) is 9.53 Å². The van der Waals surface area contributed by atoms with Crippen LogP contribution in [0.15, 0.2) is 60.7 Å². The molecule has 0 saturated carbocycles. The minimum atomic E-state index is -0.486. The second-order valence-corrected chi connectivity index (χ2v) is 8.02. The Hall–Kier alpha value is -3.68. The molecule has 8 nitrogen and oxygen atoms in total. The fraction of sp³-hybridized carbons (Fsp3) is 0.385. The molecule has 0 heterocycles. The molecule has 0 aliphatic heterocycles. The number of carbonyl (C=O) groups excluding carboxylic acids is 2. The molecule has 0 atom stereocenters. The summed E-state index contributed by atoms with van der Waals surface area (Å²) >= 11 is 0. The van der Waals surface area contributed by atoms with Gasteiger partial charge >= 0.3 is 5.97 Å². The predicted molar refractivity (Wildman–Crippen MR) is 131 cm³/mol. The van der Waals surface area contributed by atoms with Gasteiger partial charge in [0.1, 0.15) is 5.75 Å². The monoisotopic (exact) mass is 468 g/mol. The van der Waals surface area contributed by atoms with E-state index >= 15 is 0 Å². The van der Waals surface area contributed by atoms with Crippen molar-refractivity contribution in [3.05, 3.63) is 76.4 Å². The number of nitro benzene ring substituents is 1. The Morgan fingerprint density at radius 2 is 1.44 bits per heavy atom. The van der Waals surface area contributed by atoms with E-state index in [1.807, 2.05) is 0 Å². The van der Waals surface area contributed by atoms with Crippen molar-refractivity contribution in [2.75, 3.05) is 18.5 Å². The lowest BCUT2D eigenvalue weighted by Gasteiger charge is -2.08. The first-order chi connectivity index (χ1) is 16.4. The van der Waals surface area contributed by atoms with Crippen LogP contribution in [0.4, 0.5) is 11.4 Å². The van der Waals surface area contributed by atoms with E-state index in [-0.39, 0.29) is 17.6 Å².